The van der Waals surface area contributed by atoms with E-state index >= 15 is 0 Å². The first-order valence-corrected chi connectivity index (χ1v) is 8.22. The van der Waals surface area contributed by atoms with Gasteiger partial charge in [0.05, 0.1) is 18.7 Å². The Morgan fingerprint density at radius 3 is 3.04 bits per heavy atom. The number of methoxy groups -OCH3 is 1. The van der Waals surface area contributed by atoms with E-state index < -0.39 is 6.10 Å². The Labute approximate surface area is 136 Å². The molecule has 2 aromatic rings. The Balaban J connectivity index is 1.73. The second kappa shape index (κ2) is 5.62. The molecule has 0 spiro atoms. The van der Waals surface area contributed by atoms with E-state index in [4.69, 9.17) is 4.74 Å². The average molecular weight is 310 g/mol. The van der Waals surface area contributed by atoms with Crippen LogP contribution in [0.3, 0.4) is 0 Å². The predicted molar refractivity (Wildman–Crippen MR) is 90.5 cm³/mol. The molecule has 2 fully saturated rings. The fourth-order valence-corrected chi connectivity index (χ4v) is 4.37. The summed E-state index contributed by atoms with van der Waals surface area (Å²) < 4.78 is 5.33. The van der Waals surface area contributed by atoms with Gasteiger partial charge in [-0.2, -0.15) is 0 Å². The molecule has 0 radical (unpaired) electrons. The van der Waals surface area contributed by atoms with Crippen molar-refractivity contribution in [1.82, 2.24) is 9.88 Å². The quantitative estimate of drug-likeness (QED) is 0.882. The Hall–Kier alpha value is -1.91. The maximum absolute atomic E-state index is 11.1. The van der Waals surface area contributed by atoms with E-state index in [-0.39, 0.29) is 6.04 Å². The number of hydrogen-bond acceptors (Lipinski definition) is 4. The third-order valence-electron chi connectivity index (χ3n) is 5.50. The van der Waals surface area contributed by atoms with Gasteiger partial charge in [-0.25, -0.2) is 0 Å². The van der Waals surface area contributed by atoms with Gasteiger partial charge in [0, 0.05) is 23.7 Å². The standard InChI is InChI=1S/C19H22N2O2/c1-3-17-12-7-9-21(17)18(10-12)19(22)14-6-8-20-16-5-4-13(23-2)11-15(14)16/h3-6,8,11-12,17-19,22H,1,7,9-10H2,2H3/t12?,17?,18-,19+/m0/s1. The summed E-state index contributed by atoms with van der Waals surface area (Å²) >= 11 is 0. The molecule has 1 N–H and O–H groups in total. The van der Waals surface area contributed by atoms with E-state index in [1.807, 2.05) is 30.3 Å². The molecule has 4 rings (SSSR count). The lowest BCUT2D eigenvalue weighted by Crippen LogP contribution is -2.37. The van der Waals surface area contributed by atoms with E-state index in [0.29, 0.717) is 12.0 Å². The summed E-state index contributed by atoms with van der Waals surface area (Å²) in [5.41, 5.74) is 1.83. The molecular weight excluding hydrogens is 288 g/mol. The number of aliphatic hydroxyl groups is 1. The molecule has 1 aromatic carbocycles. The van der Waals surface area contributed by atoms with Gasteiger partial charge < -0.3 is 9.84 Å². The maximum Gasteiger partial charge on any atom is 0.119 e. The van der Waals surface area contributed by atoms with Gasteiger partial charge in [-0.05, 0) is 55.1 Å². The first-order chi connectivity index (χ1) is 11.2. The van der Waals surface area contributed by atoms with Crippen LogP contribution < -0.4 is 4.74 Å². The van der Waals surface area contributed by atoms with Crippen LogP contribution in [-0.4, -0.2) is 40.7 Å². The third-order valence-corrected chi connectivity index (χ3v) is 5.50. The van der Waals surface area contributed by atoms with Crippen LogP contribution in [0.2, 0.25) is 0 Å². The first-order valence-electron chi connectivity index (χ1n) is 8.22. The number of pyridine rings is 1. The van der Waals surface area contributed by atoms with Gasteiger partial charge in [-0.1, -0.05) is 6.08 Å². The van der Waals surface area contributed by atoms with Crippen LogP contribution in [0.15, 0.2) is 43.1 Å². The summed E-state index contributed by atoms with van der Waals surface area (Å²) in [4.78, 5) is 6.82. The molecule has 0 aliphatic carbocycles. The molecule has 2 aliphatic rings. The molecule has 120 valence electrons. The van der Waals surface area contributed by atoms with Crippen molar-refractivity contribution in [2.75, 3.05) is 13.7 Å². The number of ether oxygens (including phenoxy) is 1. The largest absolute Gasteiger partial charge is 0.497 e. The van der Waals surface area contributed by atoms with Gasteiger partial charge in [0.1, 0.15) is 5.75 Å². The van der Waals surface area contributed by atoms with E-state index in [1.165, 1.54) is 6.42 Å². The van der Waals surface area contributed by atoms with Crippen molar-refractivity contribution in [3.05, 3.63) is 48.7 Å². The lowest BCUT2D eigenvalue weighted by molar-refractivity contribution is 0.0645. The van der Waals surface area contributed by atoms with E-state index in [0.717, 1.165) is 35.2 Å². The zero-order valence-electron chi connectivity index (χ0n) is 13.4. The Morgan fingerprint density at radius 1 is 1.43 bits per heavy atom. The third kappa shape index (κ3) is 2.25. The van der Waals surface area contributed by atoms with E-state index in [9.17, 15) is 5.11 Å². The van der Waals surface area contributed by atoms with Crippen molar-refractivity contribution >= 4 is 10.9 Å². The first kappa shape index (κ1) is 14.7. The molecule has 2 bridgehead atoms. The zero-order chi connectivity index (χ0) is 16.0. The van der Waals surface area contributed by atoms with Crippen LogP contribution in [-0.2, 0) is 0 Å². The van der Waals surface area contributed by atoms with Crippen molar-refractivity contribution < 1.29 is 9.84 Å². The van der Waals surface area contributed by atoms with Crippen LogP contribution in [0.25, 0.3) is 10.9 Å². The topological polar surface area (TPSA) is 45.6 Å². The van der Waals surface area contributed by atoms with Gasteiger partial charge in [-0.3, -0.25) is 9.88 Å². The lowest BCUT2D eigenvalue weighted by atomic mass is 9.90. The number of hydrogen-bond donors (Lipinski definition) is 1. The Kier molecular flexibility index (Phi) is 3.58. The van der Waals surface area contributed by atoms with Crippen molar-refractivity contribution in [2.45, 2.75) is 31.0 Å². The maximum atomic E-state index is 11.1. The van der Waals surface area contributed by atoms with Gasteiger partial charge in [0.25, 0.3) is 0 Å². The minimum Gasteiger partial charge on any atom is -0.497 e. The van der Waals surface area contributed by atoms with Gasteiger partial charge in [0.2, 0.25) is 0 Å². The molecule has 3 unspecified atom stereocenters. The monoisotopic (exact) mass is 310 g/mol. The minimum absolute atomic E-state index is 0.161. The number of piperidine rings is 1. The number of aliphatic hydroxyl groups excluding tert-OH is 1. The van der Waals surface area contributed by atoms with Gasteiger partial charge in [0.15, 0.2) is 0 Å². The molecule has 5 atom stereocenters. The lowest BCUT2D eigenvalue weighted by Gasteiger charge is -2.31. The Bertz CT molecular complexity index is 745. The van der Waals surface area contributed by atoms with Gasteiger partial charge in [-0.15, -0.1) is 6.58 Å². The summed E-state index contributed by atoms with van der Waals surface area (Å²) in [6.07, 6.45) is 5.55. The summed E-state index contributed by atoms with van der Waals surface area (Å²) in [5.74, 6) is 1.42. The molecular formula is C19H22N2O2. The van der Waals surface area contributed by atoms with Crippen molar-refractivity contribution in [2.24, 2.45) is 5.92 Å². The van der Waals surface area contributed by atoms with Crippen LogP contribution >= 0.6 is 0 Å². The summed E-state index contributed by atoms with van der Waals surface area (Å²) in [6, 6.07) is 8.32. The highest BCUT2D eigenvalue weighted by atomic mass is 16.5. The highest BCUT2D eigenvalue weighted by Crippen LogP contribution is 2.44. The highest BCUT2D eigenvalue weighted by Gasteiger charge is 2.47. The molecule has 1 aromatic heterocycles. The number of fused-ring (bicyclic) bond motifs is 3. The van der Waals surface area contributed by atoms with Crippen molar-refractivity contribution in [1.29, 1.82) is 0 Å². The summed E-state index contributed by atoms with van der Waals surface area (Å²) in [7, 11) is 1.66. The van der Waals surface area contributed by atoms with Crippen LogP contribution in [0, 0.1) is 5.92 Å². The molecule has 2 saturated heterocycles. The normalized spacial score (nSPS) is 30.5. The van der Waals surface area contributed by atoms with Crippen LogP contribution in [0.4, 0.5) is 0 Å². The molecule has 0 saturated carbocycles. The molecule has 0 amide bonds. The van der Waals surface area contributed by atoms with E-state index in [2.05, 4.69) is 16.5 Å². The average Bonchev–Trinajstić information content (AvgIpc) is 3.17. The molecule has 3 heterocycles. The fraction of sp³-hybridized carbons (Fsp3) is 0.421. The van der Waals surface area contributed by atoms with Crippen molar-refractivity contribution in [3.8, 4) is 5.75 Å². The van der Waals surface area contributed by atoms with Gasteiger partial charge >= 0.3 is 0 Å². The van der Waals surface area contributed by atoms with Crippen LogP contribution in [0.5, 0.6) is 5.75 Å². The second-order valence-electron chi connectivity index (χ2n) is 6.54. The SMILES string of the molecule is C=CC1C2CCN1[C@H]([C@H](O)c1ccnc3ccc(OC)cc13)C2. The minimum atomic E-state index is -0.514. The smallest absolute Gasteiger partial charge is 0.119 e. The molecule has 23 heavy (non-hydrogen) atoms. The number of rotatable bonds is 4. The molecule has 4 nitrogen and oxygen atoms in total. The summed E-state index contributed by atoms with van der Waals surface area (Å²) in [5, 5.41) is 12.0. The zero-order valence-corrected chi connectivity index (χ0v) is 13.4. The highest BCUT2D eigenvalue weighted by molar-refractivity contribution is 5.84. The Morgan fingerprint density at radius 2 is 2.30 bits per heavy atom. The predicted octanol–water partition coefficient (Wildman–Crippen LogP) is 2.93. The van der Waals surface area contributed by atoms with Crippen molar-refractivity contribution in [3.63, 3.8) is 0 Å². The summed E-state index contributed by atoms with van der Waals surface area (Å²) in [6.45, 7) is 5.02. The molecule has 2 aliphatic heterocycles. The fourth-order valence-electron chi connectivity index (χ4n) is 4.37. The number of nitrogens with zero attached hydrogens (tertiary/aromatic N) is 2. The second-order valence-corrected chi connectivity index (χ2v) is 6.54. The van der Waals surface area contributed by atoms with Crippen LogP contribution in [0.1, 0.15) is 24.5 Å². The number of aromatic nitrogens is 1. The molecule has 4 heteroatoms. The number of benzene rings is 1. The van der Waals surface area contributed by atoms with E-state index in [1.54, 1.807) is 13.3 Å².